The van der Waals surface area contributed by atoms with Gasteiger partial charge in [-0.05, 0) is 48.2 Å². The van der Waals surface area contributed by atoms with E-state index >= 15 is 0 Å². The first-order valence-corrected chi connectivity index (χ1v) is 13.7. The number of ether oxygens (including phenoxy) is 1. The topological polar surface area (TPSA) is 78.3 Å². The Hall–Kier alpha value is -3.27. The van der Waals surface area contributed by atoms with Crippen LogP contribution in [0, 0.1) is 0 Å². The molecule has 3 amide bonds. The molecule has 0 spiro atoms. The Balaban J connectivity index is 1.47. The van der Waals surface area contributed by atoms with Crippen molar-refractivity contribution in [2.45, 2.75) is 18.0 Å². The van der Waals surface area contributed by atoms with E-state index < -0.39 is 0 Å². The number of benzene rings is 2. The zero-order valence-corrected chi connectivity index (χ0v) is 22.0. The second kappa shape index (κ2) is 13.9. The minimum Gasteiger partial charge on any atom is -0.467 e. The molecule has 0 saturated carbocycles. The predicted molar refractivity (Wildman–Crippen MR) is 145 cm³/mol. The summed E-state index contributed by atoms with van der Waals surface area (Å²) in [6.45, 7) is 4.82. The van der Waals surface area contributed by atoms with Crippen LogP contribution < -0.4 is 5.32 Å². The maximum absolute atomic E-state index is 13.6. The first-order valence-electron chi connectivity index (χ1n) is 12.4. The number of amides is 3. The summed E-state index contributed by atoms with van der Waals surface area (Å²) >= 11 is 1.64. The van der Waals surface area contributed by atoms with Crippen molar-refractivity contribution in [3.8, 4) is 0 Å². The van der Waals surface area contributed by atoms with Gasteiger partial charge in [-0.2, -0.15) is 0 Å². The number of furan rings is 1. The molecule has 2 aromatic carbocycles. The molecule has 0 bridgehead atoms. The standard InChI is InChI=1S/C28H34N4O4S/c1-37-26-11-9-24(10-12-26)29-28(34)31(14-13-30-15-18-35-19-16-30)22-27(33)32(21-25-8-5-17-36-25)20-23-6-3-2-4-7-23/h2-12,17H,13-16,18-22H2,1H3,(H,29,34). The number of hydrogen-bond donors (Lipinski definition) is 1. The highest BCUT2D eigenvalue weighted by Gasteiger charge is 2.24. The molecule has 9 heteroatoms. The van der Waals surface area contributed by atoms with Crippen molar-refractivity contribution in [1.29, 1.82) is 0 Å². The molecule has 1 aliphatic rings. The second-order valence-electron chi connectivity index (χ2n) is 8.85. The van der Waals surface area contributed by atoms with Gasteiger partial charge in [-0.15, -0.1) is 11.8 Å². The first-order chi connectivity index (χ1) is 18.1. The highest BCUT2D eigenvalue weighted by Crippen LogP contribution is 2.18. The lowest BCUT2D eigenvalue weighted by atomic mass is 10.2. The van der Waals surface area contributed by atoms with Crippen molar-refractivity contribution in [1.82, 2.24) is 14.7 Å². The monoisotopic (exact) mass is 522 g/mol. The summed E-state index contributed by atoms with van der Waals surface area (Å²) in [5.74, 6) is 0.553. The molecule has 196 valence electrons. The van der Waals surface area contributed by atoms with Crippen LogP contribution in [0.3, 0.4) is 0 Å². The molecular weight excluding hydrogens is 488 g/mol. The first kappa shape index (κ1) is 26.8. The van der Waals surface area contributed by atoms with Gasteiger partial charge in [0.15, 0.2) is 0 Å². The van der Waals surface area contributed by atoms with E-state index in [1.165, 1.54) is 0 Å². The Kier molecular flexibility index (Phi) is 10.0. The number of morpholine rings is 1. The van der Waals surface area contributed by atoms with Crippen molar-refractivity contribution < 1.29 is 18.7 Å². The predicted octanol–water partition coefficient (Wildman–Crippen LogP) is 4.40. The van der Waals surface area contributed by atoms with Gasteiger partial charge < -0.3 is 24.3 Å². The third kappa shape index (κ3) is 8.38. The summed E-state index contributed by atoms with van der Waals surface area (Å²) in [6.07, 6.45) is 3.61. The maximum atomic E-state index is 13.6. The van der Waals surface area contributed by atoms with Crippen LogP contribution in [0.1, 0.15) is 11.3 Å². The van der Waals surface area contributed by atoms with Gasteiger partial charge in [0, 0.05) is 43.3 Å². The van der Waals surface area contributed by atoms with Gasteiger partial charge in [0.25, 0.3) is 0 Å². The van der Waals surface area contributed by atoms with Crippen LogP contribution in [0.2, 0.25) is 0 Å². The van der Waals surface area contributed by atoms with Crippen molar-refractivity contribution >= 4 is 29.4 Å². The van der Waals surface area contributed by atoms with E-state index in [9.17, 15) is 9.59 Å². The van der Waals surface area contributed by atoms with Crippen LogP contribution in [0.4, 0.5) is 10.5 Å². The average molecular weight is 523 g/mol. The van der Waals surface area contributed by atoms with Crippen LogP contribution in [-0.2, 0) is 22.6 Å². The smallest absolute Gasteiger partial charge is 0.322 e. The molecule has 1 fully saturated rings. The minimum atomic E-state index is -0.295. The van der Waals surface area contributed by atoms with Crippen molar-refractivity contribution in [2.24, 2.45) is 0 Å². The Bertz CT molecular complexity index is 1100. The number of hydrogen-bond acceptors (Lipinski definition) is 6. The molecule has 1 aliphatic heterocycles. The summed E-state index contributed by atoms with van der Waals surface area (Å²) in [7, 11) is 0. The van der Waals surface area contributed by atoms with E-state index in [2.05, 4.69) is 10.2 Å². The molecule has 1 aromatic heterocycles. The zero-order chi connectivity index (χ0) is 25.9. The van der Waals surface area contributed by atoms with E-state index in [-0.39, 0.29) is 18.5 Å². The number of rotatable bonds is 11. The van der Waals surface area contributed by atoms with Gasteiger partial charge in [-0.3, -0.25) is 9.69 Å². The molecule has 1 N–H and O–H groups in total. The molecular formula is C28H34N4O4S. The number of carbonyl (C=O) groups excluding carboxylic acids is 2. The van der Waals surface area contributed by atoms with Gasteiger partial charge in [0.2, 0.25) is 5.91 Å². The summed E-state index contributed by atoms with van der Waals surface area (Å²) in [6, 6.07) is 20.9. The summed E-state index contributed by atoms with van der Waals surface area (Å²) in [4.78, 5) is 33.7. The Morgan fingerprint density at radius 2 is 1.70 bits per heavy atom. The van der Waals surface area contributed by atoms with Crippen molar-refractivity contribution in [3.63, 3.8) is 0 Å². The highest BCUT2D eigenvalue weighted by molar-refractivity contribution is 7.98. The number of anilines is 1. The molecule has 1 saturated heterocycles. The molecule has 8 nitrogen and oxygen atoms in total. The fraction of sp³-hybridized carbons (Fsp3) is 0.357. The summed E-state index contributed by atoms with van der Waals surface area (Å²) in [5.41, 5.74) is 1.71. The van der Waals surface area contributed by atoms with Crippen LogP contribution in [-0.4, -0.2) is 78.8 Å². The van der Waals surface area contributed by atoms with Gasteiger partial charge in [0.05, 0.1) is 26.0 Å². The lowest BCUT2D eigenvalue weighted by molar-refractivity contribution is -0.133. The molecule has 0 radical (unpaired) electrons. The van der Waals surface area contributed by atoms with E-state index in [4.69, 9.17) is 9.15 Å². The minimum absolute atomic E-state index is 0.0351. The fourth-order valence-corrected chi connectivity index (χ4v) is 4.51. The van der Waals surface area contributed by atoms with Crippen LogP contribution in [0.25, 0.3) is 0 Å². The Morgan fingerprint density at radius 1 is 0.946 bits per heavy atom. The highest BCUT2D eigenvalue weighted by atomic mass is 32.2. The van der Waals surface area contributed by atoms with Gasteiger partial charge in [0.1, 0.15) is 12.3 Å². The summed E-state index contributed by atoms with van der Waals surface area (Å²) < 4.78 is 11.0. The van der Waals surface area contributed by atoms with Gasteiger partial charge >= 0.3 is 6.03 Å². The lowest BCUT2D eigenvalue weighted by Gasteiger charge is -2.31. The number of nitrogens with zero attached hydrogens (tertiary/aromatic N) is 3. The maximum Gasteiger partial charge on any atom is 0.322 e. The number of carbonyl (C=O) groups is 2. The number of urea groups is 1. The lowest BCUT2D eigenvalue weighted by Crippen LogP contribution is -2.48. The van der Waals surface area contributed by atoms with Crippen LogP contribution in [0.5, 0.6) is 0 Å². The van der Waals surface area contributed by atoms with E-state index in [1.807, 2.05) is 73.0 Å². The fourth-order valence-electron chi connectivity index (χ4n) is 4.11. The second-order valence-corrected chi connectivity index (χ2v) is 9.73. The molecule has 2 heterocycles. The number of thioether (sulfide) groups is 1. The normalized spacial score (nSPS) is 13.8. The molecule has 37 heavy (non-hydrogen) atoms. The average Bonchev–Trinajstić information content (AvgIpc) is 3.45. The summed E-state index contributed by atoms with van der Waals surface area (Å²) in [5, 5.41) is 2.97. The SMILES string of the molecule is CSc1ccc(NC(=O)N(CCN2CCOCC2)CC(=O)N(Cc2ccccc2)Cc2ccco2)cc1. The number of nitrogens with one attached hydrogen (secondary N) is 1. The molecule has 3 aromatic rings. The quantitative estimate of drug-likeness (QED) is 0.376. The van der Waals surface area contributed by atoms with E-state index in [0.717, 1.165) is 23.5 Å². The molecule has 0 aliphatic carbocycles. The van der Waals surface area contributed by atoms with Crippen LogP contribution >= 0.6 is 11.8 Å². The zero-order valence-electron chi connectivity index (χ0n) is 21.2. The van der Waals surface area contributed by atoms with Crippen molar-refractivity contribution in [3.05, 3.63) is 84.3 Å². The third-order valence-electron chi connectivity index (χ3n) is 6.24. The third-order valence-corrected chi connectivity index (χ3v) is 6.98. The largest absolute Gasteiger partial charge is 0.467 e. The molecule has 0 atom stereocenters. The van der Waals surface area contributed by atoms with Gasteiger partial charge in [-0.1, -0.05) is 30.3 Å². The van der Waals surface area contributed by atoms with E-state index in [1.54, 1.807) is 27.8 Å². The Morgan fingerprint density at radius 3 is 2.38 bits per heavy atom. The van der Waals surface area contributed by atoms with E-state index in [0.29, 0.717) is 50.8 Å². The van der Waals surface area contributed by atoms with Gasteiger partial charge in [-0.25, -0.2) is 4.79 Å². The molecule has 4 rings (SSSR count). The molecule has 0 unspecified atom stereocenters. The Labute approximate surface area is 222 Å². The van der Waals surface area contributed by atoms with Crippen molar-refractivity contribution in [2.75, 3.05) is 57.5 Å². The van der Waals surface area contributed by atoms with Crippen LogP contribution in [0.15, 0.2) is 82.3 Å².